The molecule has 2 heterocycles. The average molecular weight is 372 g/mol. The van der Waals surface area contributed by atoms with Crippen LogP contribution in [-0.4, -0.2) is 34.3 Å². The van der Waals surface area contributed by atoms with Crippen molar-refractivity contribution in [3.8, 4) is 0 Å². The Bertz CT molecular complexity index is 781. The molecule has 0 radical (unpaired) electrons. The van der Waals surface area contributed by atoms with Crippen molar-refractivity contribution in [3.05, 3.63) is 46.7 Å². The first-order valence-corrected chi connectivity index (χ1v) is 9.93. The van der Waals surface area contributed by atoms with E-state index in [0.29, 0.717) is 28.8 Å². The Morgan fingerprint density at radius 3 is 2.65 bits per heavy atom. The third kappa shape index (κ3) is 3.43. The van der Waals surface area contributed by atoms with E-state index in [-0.39, 0.29) is 12.5 Å². The van der Waals surface area contributed by atoms with E-state index in [9.17, 15) is 9.59 Å². The lowest BCUT2D eigenvalue weighted by Crippen LogP contribution is -2.45. The van der Waals surface area contributed by atoms with Crippen LogP contribution < -0.4 is 0 Å². The fraction of sp³-hybridized carbons (Fsp3) is 0.450. The summed E-state index contributed by atoms with van der Waals surface area (Å²) in [6, 6.07) is 7.64. The van der Waals surface area contributed by atoms with Gasteiger partial charge >= 0.3 is 5.97 Å². The molecule has 26 heavy (non-hydrogen) atoms. The summed E-state index contributed by atoms with van der Waals surface area (Å²) in [5.41, 5.74) is 3.19. The topological polar surface area (TPSA) is 59.0 Å². The normalized spacial score (nSPS) is 20.2. The molecule has 2 aliphatic rings. The fourth-order valence-electron chi connectivity index (χ4n) is 3.24. The Morgan fingerprint density at radius 2 is 2.04 bits per heavy atom. The fourth-order valence-corrected chi connectivity index (χ4v) is 4.25. The number of carbonyl (C=O) groups is 2. The molecule has 1 saturated heterocycles. The largest absolute Gasteiger partial charge is 0.463 e. The molecule has 1 atom stereocenters. The summed E-state index contributed by atoms with van der Waals surface area (Å²) in [5.74, 6) is 0.722. The Morgan fingerprint density at radius 1 is 1.35 bits per heavy atom. The highest BCUT2D eigenvalue weighted by molar-refractivity contribution is 8.14. The molecular weight excluding hydrogens is 348 g/mol. The van der Waals surface area contributed by atoms with Crippen LogP contribution in [0.1, 0.15) is 57.2 Å². The van der Waals surface area contributed by atoms with Crippen molar-refractivity contribution in [2.45, 2.75) is 46.1 Å². The number of amidine groups is 1. The molecular formula is C20H24N2O3S. The van der Waals surface area contributed by atoms with Crippen LogP contribution in [0.15, 0.2) is 40.5 Å². The number of amides is 1. The minimum Gasteiger partial charge on any atom is -0.463 e. The van der Waals surface area contributed by atoms with Gasteiger partial charge < -0.3 is 4.74 Å². The Labute approximate surface area is 158 Å². The zero-order chi connectivity index (χ0) is 18.8. The lowest BCUT2D eigenvalue weighted by molar-refractivity contribution is -0.139. The van der Waals surface area contributed by atoms with Crippen LogP contribution in [0, 0.1) is 0 Å². The van der Waals surface area contributed by atoms with E-state index in [1.54, 1.807) is 23.6 Å². The molecule has 1 aromatic rings. The number of aliphatic imine (C=N–C) groups is 1. The van der Waals surface area contributed by atoms with Gasteiger partial charge in [-0.1, -0.05) is 49.9 Å². The van der Waals surface area contributed by atoms with Crippen molar-refractivity contribution in [3.63, 3.8) is 0 Å². The minimum absolute atomic E-state index is 0.00488. The number of carbonyl (C=O) groups excluding carboxylic acids is 2. The van der Waals surface area contributed by atoms with E-state index >= 15 is 0 Å². The van der Waals surface area contributed by atoms with Gasteiger partial charge in [-0.05, 0) is 30.9 Å². The van der Waals surface area contributed by atoms with Gasteiger partial charge in [-0.2, -0.15) is 0 Å². The lowest BCUT2D eigenvalue weighted by Gasteiger charge is -2.39. The maximum absolute atomic E-state index is 12.7. The van der Waals surface area contributed by atoms with Gasteiger partial charge in [-0.25, -0.2) is 9.79 Å². The number of allylic oxidation sites excluding steroid dienone is 1. The number of nitrogens with zero attached hydrogens (tertiary/aromatic N) is 2. The number of esters is 1. The molecule has 0 saturated carbocycles. The second-order valence-corrected chi connectivity index (χ2v) is 7.76. The van der Waals surface area contributed by atoms with Gasteiger partial charge in [0.2, 0.25) is 5.91 Å². The minimum atomic E-state index is -0.483. The van der Waals surface area contributed by atoms with Gasteiger partial charge in [0.05, 0.1) is 23.9 Å². The summed E-state index contributed by atoms with van der Waals surface area (Å²) < 4.78 is 5.27. The van der Waals surface area contributed by atoms with Crippen LogP contribution in [0.3, 0.4) is 0 Å². The van der Waals surface area contributed by atoms with Crippen molar-refractivity contribution in [1.29, 1.82) is 0 Å². The van der Waals surface area contributed by atoms with Crippen LogP contribution >= 0.6 is 11.8 Å². The number of hydrogen-bond acceptors (Lipinski definition) is 5. The molecule has 0 unspecified atom stereocenters. The van der Waals surface area contributed by atoms with Gasteiger partial charge in [0, 0.05) is 12.2 Å². The number of hydrogen-bond donors (Lipinski definition) is 0. The SMILES string of the molecule is CCOC(=O)C1=C(C)N=C2SCCC(=O)N2[C@H]1c1ccc(C(C)C)cc1. The summed E-state index contributed by atoms with van der Waals surface area (Å²) in [6.45, 7) is 8.15. The highest BCUT2D eigenvalue weighted by Gasteiger charge is 2.41. The quantitative estimate of drug-likeness (QED) is 0.749. The molecule has 2 aliphatic heterocycles. The van der Waals surface area contributed by atoms with Crippen LogP contribution in [0.25, 0.3) is 0 Å². The van der Waals surface area contributed by atoms with E-state index in [4.69, 9.17) is 4.74 Å². The predicted molar refractivity (Wildman–Crippen MR) is 104 cm³/mol. The van der Waals surface area contributed by atoms with Crippen molar-refractivity contribution >= 4 is 28.8 Å². The maximum Gasteiger partial charge on any atom is 0.338 e. The summed E-state index contributed by atoms with van der Waals surface area (Å²) in [6.07, 6.45) is 0.444. The predicted octanol–water partition coefficient (Wildman–Crippen LogP) is 4.02. The number of benzene rings is 1. The molecule has 0 aliphatic carbocycles. The summed E-state index contributed by atoms with van der Waals surface area (Å²) >= 11 is 1.56. The highest BCUT2D eigenvalue weighted by Crippen LogP contribution is 2.40. The standard InChI is InChI=1S/C20H24N2O3S/c1-5-25-19(24)17-13(4)21-20-22(16(23)10-11-26-20)18(17)15-8-6-14(7-9-15)12(2)3/h6-9,12,18H,5,10-11H2,1-4H3/t18-/m0/s1. The number of thioether (sulfide) groups is 1. The summed E-state index contributed by atoms with van der Waals surface area (Å²) in [5, 5.41) is 0.671. The third-order valence-corrected chi connectivity index (χ3v) is 5.58. The van der Waals surface area contributed by atoms with Gasteiger partial charge in [-0.3, -0.25) is 9.69 Å². The lowest BCUT2D eigenvalue weighted by atomic mass is 9.92. The molecule has 1 fully saturated rings. The van der Waals surface area contributed by atoms with Crippen molar-refractivity contribution in [2.75, 3.05) is 12.4 Å². The Balaban J connectivity index is 2.10. The van der Waals surface area contributed by atoms with Crippen molar-refractivity contribution in [2.24, 2.45) is 4.99 Å². The molecule has 138 valence electrons. The van der Waals surface area contributed by atoms with Gasteiger partial charge in [-0.15, -0.1) is 0 Å². The monoisotopic (exact) mass is 372 g/mol. The molecule has 5 nitrogen and oxygen atoms in total. The van der Waals surface area contributed by atoms with Crippen LogP contribution in [-0.2, 0) is 14.3 Å². The van der Waals surface area contributed by atoms with Crippen LogP contribution in [0.5, 0.6) is 0 Å². The van der Waals surface area contributed by atoms with E-state index in [0.717, 1.165) is 11.3 Å². The molecule has 1 aromatic carbocycles. The molecule has 0 spiro atoms. The molecule has 0 N–H and O–H groups in total. The van der Waals surface area contributed by atoms with Crippen molar-refractivity contribution < 1.29 is 14.3 Å². The first-order valence-electron chi connectivity index (χ1n) is 8.95. The first kappa shape index (κ1) is 18.7. The number of rotatable bonds is 4. The van der Waals surface area contributed by atoms with E-state index in [1.165, 1.54) is 5.56 Å². The van der Waals surface area contributed by atoms with Crippen LogP contribution in [0.2, 0.25) is 0 Å². The number of ether oxygens (including phenoxy) is 1. The molecule has 6 heteroatoms. The van der Waals surface area contributed by atoms with Gasteiger partial charge in [0.15, 0.2) is 5.17 Å². The molecule has 0 bridgehead atoms. The summed E-state index contributed by atoms with van der Waals surface area (Å²) in [7, 11) is 0. The Hall–Kier alpha value is -2.08. The highest BCUT2D eigenvalue weighted by atomic mass is 32.2. The van der Waals surface area contributed by atoms with E-state index in [1.807, 2.05) is 19.1 Å². The van der Waals surface area contributed by atoms with Crippen molar-refractivity contribution in [1.82, 2.24) is 4.90 Å². The van der Waals surface area contributed by atoms with Crippen LogP contribution in [0.4, 0.5) is 0 Å². The molecule has 3 rings (SSSR count). The smallest absolute Gasteiger partial charge is 0.338 e. The van der Waals surface area contributed by atoms with E-state index < -0.39 is 12.0 Å². The summed E-state index contributed by atoms with van der Waals surface area (Å²) in [4.78, 5) is 31.5. The zero-order valence-corrected chi connectivity index (χ0v) is 16.4. The third-order valence-electron chi connectivity index (χ3n) is 4.62. The van der Waals surface area contributed by atoms with E-state index in [2.05, 4.69) is 31.0 Å². The zero-order valence-electron chi connectivity index (χ0n) is 15.6. The molecule has 1 amide bonds. The number of fused-ring (bicyclic) bond motifs is 1. The first-order chi connectivity index (χ1) is 12.4. The molecule has 0 aromatic heterocycles. The van der Waals surface area contributed by atoms with Gasteiger partial charge in [0.25, 0.3) is 0 Å². The maximum atomic E-state index is 12.7. The second kappa shape index (κ2) is 7.66. The average Bonchev–Trinajstić information content (AvgIpc) is 2.61. The second-order valence-electron chi connectivity index (χ2n) is 6.70. The van der Waals surface area contributed by atoms with Gasteiger partial charge in [0.1, 0.15) is 0 Å². The Kier molecular flexibility index (Phi) is 5.51.